The van der Waals surface area contributed by atoms with Gasteiger partial charge in [0, 0.05) is 39.7 Å². The van der Waals surface area contributed by atoms with Gasteiger partial charge in [-0.1, -0.05) is 102 Å². The Labute approximate surface area is 525 Å². The summed E-state index contributed by atoms with van der Waals surface area (Å²) in [5, 5.41) is 17.0. The predicted octanol–water partition coefficient (Wildman–Crippen LogP) is 4.14. The van der Waals surface area contributed by atoms with Crippen molar-refractivity contribution < 1.29 is 124 Å². The highest BCUT2D eigenvalue weighted by molar-refractivity contribution is 5.95. The molecule has 0 bridgehead atoms. The second-order valence-electron chi connectivity index (χ2n) is 21.2. The van der Waals surface area contributed by atoms with Crippen LogP contribution in [0.2, 0.25) is 0 Å². The third-order valence-electron chi connectivity index (χ3n) is 14.8. The number of hydrogen-bond acceptors (Lipinski definition) is 27. The van der Waals surface area contributed by atoms with Crippen LogP contribution in [0.15, 0.2) is 126 Å². The Kier molecular flexibility index (Phi) is 24.3. The fraction of sp³-hybridized carbons (Fsp3) is 0.468. The number of amides is 2. The number of methoxy groups -OCH3 is 2. The minimum atomic E-state index is -3.16. The monoisotopic (exact) mass is 1280 g/mol. The van der Waals surface area contributed by atoms with Crippen LogP contribution >= 0.6 is 0 Å². The zero-order valence-electron chi connectivity index (χ0n) is 50.6. The fourth-order valence-electron chi connectivity index (χ4n) is 10.7. The van der Waals surface area contributed by atoms with Crippen molar-refractivity contribution in [3.05, 3.63) is 154 Å². The smallest absolute Gasteiger partial charge is 0.417 e. The average Bonchev–Trinajstić information content (AvgIpc) is 1.30. The summed E-state index contributed by atoms with van der Waals surface area (Å²) >= 11 is 0. The van der Waals surface area contributed by atoms with Gasteiger partial charge in [0.25, 0.3) is 11.7 Å². The summed E-state index contributed by atoms with van der Waals surface area (Å²) in [7, 11) is 2.17. The zero-order valence-corrected chi connectivity index (χ0v) is 50.6. The molecule has 92 heavy (non-hydrogen) atoms. The van der Waals surface area contributed by atoms with E-state index in [0.717, 1.165) is 40.4 Å². The first-order valence-electron chi connectivity index (χ1n) is 28.8. The van der Waals surface area contributed by atoms with Gasteiger partial charge in [-0.2, -0.15) is 0 Å². The van der Waals surface area contributed by atoms with Gasteiger partial charge in [0.05, 0.1) is 44.5 Å². The molecule has 16 atom stereocenters. The van der Waals surface area contributed by atoms with E-state index in [-0.39, 0.29) is 30.9 Å². The number of carbonyl (C=O) groups excluding carboxylic acids is 9. The average molecular weight is 1290 g/mol. The number of azide groups is 1. The minimum absolute atomic E-state index is 0.0180. The van der Waals surface area contributed by atoms with Gasteiger partial charge in [-0.05, 0) is 40.9 Å². The van der Waals surface area contributed by atoms with E-state index in [9.17, 15) is 49.0 Å². The number of nitrogens with zero attached hydrogens (tertiary/aromatic N) is 4. The molecule has 0 aliphatic carbocycles. The van der Waals surface area contributed by atoms with Crippen LogP contribution in [0.5, 0.6) is 0 Å². The van der Waals surface area contributed by atoms with Crippen LogP contribution in [-0.4, -0.2) is 202 Å². The molecule has 4 heterocycles. The van der Waals surface area contributed by atoms with E-state index < -0.39 is 178 Å². The third-order valence-corrected chi connectivity index (χ3v) is 14.8. The maximum atomic E-state index is 15.1. The molecule has 4 fully saturated rings. The molecule has 0 radical (unpaired) electrons. The van der Waals surface area contributed by atoms with Crippen molar-refractivity contribution in [2.24, 2.45) is 5.11 Å². The Balaban J connectivity index is 1.31. The van der Waals surface area contributed by atoms with Crippen LogP contribution in [0.4, 0.5) is 4.79 Å². The van der Waals surface area contributed by atoms with E-state index in [4.69, 9.17) is 75.8 Å². The van der Waals surface area contributed by atoms with Crippen LogP contribution in [0, 0.1) is 0 Å². The Morgan fingerprint density at radius 1 is 0.685 bits per heavy atom. The lowest BCUT2D eigenvalue weighted by molar-refractivity contribution is -0.382. The highest BCUT2D eigenvalue weighted by Gasteiger charge is 2.67. The van der Waals surface area contributed by atoms with Crippen molar-refractivity contribution in [3.8, 4) is 0 Å². The predicted molar refractivity (Wildman–Crippen MR) is 306 cm³/mol. The number of benzene rings is 4. The van der Waals surface area contributed by atoms with Crippen molar-refractivity contribution in [2.45, 2.75) is 145 Å². The summed E-state index contributed by atoms with van der Waals surface area (Å²) in [6.45, 7) is 0.481. The SMILES string of the molecule is COC(=O)[C@@]1(O[C@H]2[C@@H](O)[C@@H](COC(=O)c3ccccc3)O[C@@H](O[C@H]3[C@H](OCc4ccccc4)[C@@H](N=[N+]=[N-])[C@@H](OC)O[C@@H]3COCc3ccccc3)[C@@H]2OC(=O)c2ccccc2)C[C@@H]2OC(=O)N(C(=O)COC(C)=O)[C@H]2[C@H]([C@H](OC(C)=O)[C@@H](COC(C)=O)OC(C)=O)O1. The molecule has 8 rings (SSSR count). The van der Waals surface area contributed by atoms with Crippen molar-refractivity contribution in [1.29, 1.82) is 0 Å². The summed E-state index contributed by atoms with van der Waals surface area (Å²) < 4.78 is 96.9. The molecular weight excluding hydrogens is 1220 g/mol. The van der Waals surface area contributed by atoms with Gasteiger partial charge >= 0.3 is 47.9 Å². The summed E-state index contributed by atoms with van der Waals surface area (Å²) in [5.41, 5.74) is 11.4. The molecule has 4 aromatic carbocycles. The van der Waals surface area contributed by atoms with E-state index in [1.54, 1.807) is 66.7 Å². The van der Waals surface area contributed by atoms with Crippen molar-refractivity contribution in [2.75, 3.05) is 40.6 Å². The molecule has 4 aliphatic heterocycles. The highest BCUT2D eigenvalue weighted by Crippen LogP contribution is 2.45. The summed E-state index contributed by atoms with van der Waals surface area (Å²) in [6, 6.07) is 29.6. The molecule has 1 N–H and O–H groups in total. The third kappa shape index (κ3) is 17.3. The Hall–Kier alpha value is -8.94. The molecule has 4 saturated heterocycles. The second kappa shape index (κ2) is 32.4. The molecule has 0 unspecified atom stereocenters. The molecule has 4 aromatic rings. The van der Waals surface area contributed by atoms with E-state index >= 15 is 4.79 Å². The van der Waals surface area contributed by atoms with Crippen LogP contribution in [0.25, 0.3) is 10.4 Å². The fourth-order valence-corrected chi connectivity index (χ4v) is 10.7. The van der Waals surface area contributed by atoms with Gasteiger partial charge in [-0.15, -0.1) is 0 Å². The van der Waals surface area contributed by atoms with Gasteiger partial charge < -0.3 is 80.9 Å². The summed E-state index contributed by atoms with van der Waals surface area (Å²) in [6.07, 6.45) is -26.9. The quantitative estimate of drug-likeness (QED) is 0.0288. The molecule has 30 heteroatoms. The number of hydrogen-bond donors (Lipinski definition) is 1. The zero-order chi connectivity index (χ0) is 66.1. The largest absolute Gasteiger partial charge is 0.465 e. The van der Waals surface area contributed by atoms with Crippen LogP contribution in [0.1, 0.15) is 66.0 Å². The first-order valence-corrected chi connectivity index (χ1v) is 28.8. The number of carbonyl (C=O) groups is 9. The van der Waals surface area contributed by atoms with Crippen molar-refractivity contribution >= 4 is 53.8 Å². The highest BCUT2D eigenvalue weighted by atomic mass is 16.8. The van der Waals surface area contributed by atoms with Gasteiger partial charge in [0.2, 0.25) is 0 Å². The lowest BCUT2D eigenvalue weighted by Gasteiger charge is -2.51. The number of rotatable bonds is 27. The molecule has 492 valence electrons. The van der Waals surface area contributed by atoms with E-state index in [0.29, 0.717) is 10.5 Å². The molecule has 30 nitrogen and oxygen atoms in total. The topological polar surface area (TPSA) is 374 Å². The summed E-state index contributed by atoms with van der Waals surface area (Å²) in [5.74, 6) is -12.1. The first-order chi connectivity index (χ1) is 44.2. The Bertz CT molecular complexity index is 3250. The van der Waals surface area contributed by atoms with Gasteiger partial charge in [-0.3, -0.25) is 24.0 Å². The van der Waals surface area contributed by atoms with Crippen LogP contribution < -0.4 is 0 Å². The number of ether oxygens (including phenoxy) is 16. The van der Waals surface area contributed by atoms with E-state index in [1.807, 2.05) is 18.2 Å². The van der Waals surface area contributed by atoms with Crippen LogP contribution in [-0.2, 0) is 118 Å². The van der Waals surface area contributed by atoms with Gasteiger partial charge in [-0.25, -0.2) is 24.1 Å². The molecule has 4 aliphatic rings. The lowest BCUT2D eigenvalue weighted by Crippen LogP contribution is -2.71. The normalized spacial score (nSPS) is 27.2. The van der Waals surface area contributed by atoms with E-state index in [1.165, 1.54) is 43.5 Å². The lowest BCUT2D eigenvalue weighted by atomic mass is 9.87. The molecule has 2 amide bonds. The summed E-state index contributed by atoms with van der Waals surface area (Å²) in [4.78, 5) is 126. The molecule has 0 saturated carbocycles. The Morgan fingerprint density at radius 2 is 1.27 bits per heavy atom. The number of fused-ring (bicyclic) bond motifs is 1. The van der Waals surface area contributed by atoms with E-state index in [2.05, 4.69) is 10.0 Å². The maximum Gasteiger partial charge on any atom is 0.417 e. The number of esters is 7. The number of aliphatic hydroxyl groups excluding tert-OH is 1. The molecule has 0 spiro atoms. The van der Waals surface area contributed by atoms with Crippen molar-refractivity contribution in [1.82, 2.24) is 4.90 Å². The first kappa shape index (κ1) is 69.0. The minimum Gasteiger partial charge on any atom is -0.465 e. The second-order valence-corrected chi connectivity index (χ2v) is 21.2. The van der Waals surface area contributed by atoms with Gasteiger partial charge in [0.15, 0.2) is 37.5 Å². The Morgan fingerprint density at radius 3 is 1.85 bits per heavy atom. The molecule has 0 aromatic heterocycles. The maximum absolute atomic E-state index is 15.1. The van der Waals surface area contributed by atoms with Crippen molar-refractivity contribution in [3.63, 3.8) is 0 Å². The number of imide groups is 1. The molecular formula is C62H68N4O26. The number of aliphatic hydroxyl groups is 1. The standard InChI is InChI=1S/C62H68N4O26/c1-34(67)80-32-45(84-36(3)69)51(85-37(4)70)53-48-42(88-61(76)66(48)46(71)33-81-35(2)68)27-62(91-53,60(75)78-6)92-54-49(72)43(31-83-56(73)40-23-15-9-16-24-40)86-59(55(54)89-57(74)41-25-17-10-18-26-41)90-50-44(30-79-28-38-19-11-7-12-20-38)87-58(77-5)47(64-65-63)52(50)82-29-39-21-13-8-14-22-39/h7-26,42-45,47-55,58-59,72H,27-33H2,1-6H3/t42-,43+,44+,45+,47+,48+,49-,50+,51+,52+,53+,54-,55+,58-,59-,62-/m0/s1. The van der Waals surface area contributed by atoms with Gasteiger partial charge in [0.1, 0.15) is 74.1 Å². The van der Waals surface area contributed by atoms with Crippen LogP contribution in [0.3, 0.4) is 0 Å².